The van der Waals surface area contributed by atoms with Crippen molar-refractivity contribution in [3.63, 3.8) is 0 Å². The van der Waals surface area contributed by atoms with Crippen LogP contribution >= 0.6 is 0 Å². The van der Waals surface area contributed by atoms with Crippen molar-refractivity contribution in [3.05, 3.63) is 29.8 Å². The lowest BCUT2D eigenvalue weighted by atomic mass is 9.98. The van der Waals surface area contributed by atoms with Gasteiger partial charge in [-0.05, 0) is 49.8 Å². The predicted octanol–water partition coefficient (Wildman–Crippen LogP) is 3.66. The van der Waals surface area contributed by atoms with Gasteiger partial charge in [-0.15, -0.1) is 0 Å². The molecule has 2 rings (SSSR count). The maximum atomic E-state index is 9.10. The van der Waals surface area contributed by atoms with E-state index in [1.165, 1.54) is 31.2 Å². The Kier molecular flexibility index (Phi) is 10.4. The summed E-state index contributed by atoms with van der Waals surface area (Å²) < 4.78 is 5.98. The molecule has 1 aliphatic carbocycles. The molecular weight excluding hydrogens is 334 g/mol. The summed E-state index contributed by atoms with van der Waals surface area (Å²) in [5, 5.41) is 18.4. The number of carboxylic acids is 2. The fourth-order valence-corrected chi connectivity index (χ4v) is 2.93. The van der Waals surface area contributed by atoms with Gasteiger partial charge in [0.25, 0.3) is 0 Å². The largest absolute Gasteiger partial charge is 0.493 e. The Labute approximate surface area is 155 Å². The van der Waals surface area contributed by atoms with Gasteiger partial charge in [0.2, 0.25) is 0 Å². The molecule has 1 atom stereocenters. The zero-order valence-corrected chi connectivity index (χ0v) is 15.7. The van der Waals surface area contributed by atoms with Crippen LogP contribution in [0.25, 0.3) is 0 Å². The second kappa shape index (κ2) is 12.3. The topological polar surface area (TPSA) is 95.9 Å². The van der Waals surface area contributed by atoms with Crippen LogP contribution in [-0.4, -0.2) is 41.3 Å². The maximum absolute atomic E-state index is 9.10. The number of benzene rings is 1. The van der Waals surface area contributed by atoms with Gasteiger partial charge in [-0.3, -0.25) is 0 Å². The molecular formula is C20H31NO5. The van der Waals surface area contributed by atoms with Crippen LogP contribution in [0.1, 0.15) is 63.9 Å². The molecule has 0 bridgehead atoms. The van der Waals surface area contributed by atoms with Gasteiger partial charge < -0.3 is 20.3 Å². The van der Waals surface area contributed by atoms with Crippen molar-refractivity contribution >= 4 is 11.9 Å². The third kappa shape index (κ3) is 8.34. The monoisotopic (exact) mass is 365 g/mol. The molecule has 0 aromatic heterocycles. The van der Waals surface area contributed by atoms with Gasteiger partial charge in [0.05, 0.1) is 6.61 Å². The van der Waals surface area contributed by atoms with Gasteiger partial charge in [0.1, 0.15) is 5.75 Å². The normalized spacial score (nSPS) is 15.0. The Morgan fingerprint density at radius 3 is 2.38 bits per heavy atom. The molecule has 1 aromatic carbocycles. The number of nitrogens with one attached hydrogen (secondary N) is 1. The number of carbonyl (C=O) groups is 2. The molecule has 146 valence electrons. The molecule has 6 heteroatoms. The first kappa shape index (κ1) is 22.0. The van der Waals surface area contributed by atoms with E-state index < -0.39 is 11.9 Å². The van der Waals surface area contributed by atoms with Crippen LogP contribution in [0.5, 0.6) is 5.75 Å². The Hall–Kier alpha value is -2.08. The quantitative estimate of drug-likeness (QED) is 0.481. The number of para-hydroxylation sites is 1. The Morgan fingerprint density at radius 2 is 1.81 bits per heavy atom. The fourth-order valence-electron chi connectivity index (χ4n) is 2.93. The van der Waals surface area contributed by atoms with Crippen molar-refractivity contribution in [1.82, 2.24) is 5.32 Å². The molecule has 6 nitrogen and oxygen atoms in total. The van der Waals surface area contributed by atoms with Crippen LogP contribution in [0, 0.1) is 0 Å². The van der Waals surface area contributed by atoms with E-state index in [-0.39, 0.29) is 0 Å². The molecule has 0 amide bonds. The van der Waals surface area contributed by atoms with Gasteiger partial charge >= 0.3 is 11.9 Å². The van der Waals surface area contributed by atoms with Gasteiger partial charge in [-0.25, -0.2) is 9.59 Å². The van der Waals surface area contributed by atoms with Crippen molar-refractivity contribution in [2.24, 2.45) is 0 Å². The highest BCUT2D eigenvalue weighted by molar-refractivity contribution is 6.27. The van der Waals surface area contributed by atoms with E-state index in [1.54, 1.807) is 0 Å². The molecule has 1 fully saturated rings. The summed E-state index contributed by atoms with van der Waals surface area (Å²) in [7, 11) is 0. The molecule has 0 aliphatic heterocycles. The van der Waals surface area contributed by atoms with Gasteiger partial charge in [0.15, 0.2) is 0 Å². The Bertz CT molecular complexity index is 543. The molecule has 0 spiro atoms. The van der Waals surface area contributed by atoms with Gasteiger partial charge in [-0.2, -0.15) is 0 Å². The number of hydrogen-bond donors (Lipinski definition) is 3. The molecule has 3 N–H and O–H groups in total. The summed E-state index contributed by atoms with van der Waals surface area (Å²) in [6.45, 7) is 6.39. The Balaban J connectivity index is 0.000000487. The smallest absolute Gasteiger partial charge is 0.414 e. The minimum atomic E-state index is -1.82. The van der Waals surface area contributed by atoms with Crippen molar-refractivity contribution in [3.8, 4) is 5.75 Å². The summed E-state index contributed by atoms with van der Waals surface area (Å²) in [4.78, 5) is 18.2. The van der Waals surface area contributed by atoms with Crippen molar-refractivity contribution < 1.29 is 24.5 Å². The SMILES string of the molecule is CCC(C)c1ccccc1OCCCNC1CCCC1.O=C(O)C(=O)O. The Morgan fingerprint density at radius 1 is 1.19 bits per heavy atom. The van der Waals surface area contributed by atoms with Crippen LogP contribution in [-0.2, 0) is 9.59 Å². The van der Waals surface area contributed by atoms with E-state index in [4.69, 9.17) is 24.5 Å². The van der Waals surface area contributed by atoms with Crippen molar-refractivity contribution in [1.29, 1.82) is 0 Å². The number of aliphatic carboxylic acids is 2. The summed E-state index contributed by atoms with van der Waals surface area (Å²) in [5.41, 5.74) is 1.35. The molecule has 0 heterocycles. The molecule has 1 aliphatic rings. The van der Waals surface area contributed by atoms with E-state index in [0.29, 0.717) is 5.92 Å². The molecule has 1 unspecified atom stereocenters. The minimum Gasteiger partial charge on any atom is -0.493 e. The molecule has 26 heavy (non-hydrogen) atoms. The van der Waals surface area contributed by atoms with E-state index in [0.717, 1.165) is 37.8 Å². The lowest BCUT2D eigenvalue weighted by molar-refractivity contribution is -0.159. The molecule has 1 aromatic rings. The van der Waals surface area contributed by atoms with Gasteiger partial charge in [-0.1, -0.05) is 44.9 Å². The highest BCUT2D eigenvalue weighted by Gasteiger charge is 2.13. The molecule has 0 radical (unpaired) electrons. The van der Waals surface area contributed by atoms with Crippen LogP contribution in [0.4, 0.5) is 0 Å². The first-order chi connectivity index (χ1) is 12.5. The highest BCUT2D eigenvalue weighted by Crippen LogP contribution is 2.28. The third-order valence-electron chi connectivity index (χ3n) is 4.61. The first-order valence-corrected chi connectivity index (χ1v) is 9.37. The maximum Gasteiger partial charge on any atom is 0.414 e. The average molecular weight is 365 g/mol. The highest BCUT2D eigenvalue weighted by atomic mass is 16.5. The summed E-state index contributed by atoms with van der Waals surface area (Å²) in [5.74, 6) is -2.00. The van der Waals surface area contributed by atoms with E-state index in [9.17, 15) is 0 Å². The van der Waals surface area contributed by atoms with Crippen molar-refractivity contribution in [2.45, 2.75) is 64.3 Å². The minimum absolute atomic E-state index is 0.572. The summed E-state index contributed by atoms with van der Waals surface area (Å²) in [6.07, 6.45) is 7.76. The van der Waals surface area contributed by atoms with Crippen LogP contribution < -0.4 is 10.1 Å². The van der Waals surface area contributed by atoms with Crippen LogP contribution in [0.3, 0.4) is 0 Å². The second-order valence-electron chi connectivity index (χ2n) is 6.59. The fraction of sp³-hybridized carbons (Fsp3) is 0.600. The third-order valence-corrected chi connectivity index (χ3v) is 4.61. The summed E-state index contributed by atoms with van der Waals surface area (Å²) in [6, 6.07) is 9.24. The zero-order chi connectivity index (χ0) is 19.4. The second-order valence-corrected chi connectivity index (χ2v) is 6.59. The molecule has 0 saturated heterocycles. The standard InChI is InChI=1S/C18H29NO.C2H2O4/c1-3-15(2)17-11-6-7-12-18(17)20-14-8-13-19-16-9-4-5-10-16;3-1(4)2(5)6/h6-7,11-12,15-16,19H,3-5,8-10,13-14H2,1-2H3;(H,3,4)(H,5,6). The van der Waals surface area contributed by atoms with Crippen LogP contribution in [0.15, 0.2) is 24.3 Å². The number of ether oxygens (including phenoxy) is 1. The predicted molar refractivity (Wildman–Crippen MR) is 101 cm³/mol. The van der Waals surface area contributed by atoms with E-state index in [2.05, 4.69) is 43.4 Å². The number of hydrogen-bond acceptors (Lipinski definition) is 4. The number of rotatable bonds is 8. The molecule has 1 saturated carbocycles. The number of carboxylic acid groups (broad SMARTS) is 2. The lowest BCUT2D eigenvalue weighted by Crippen LogP contribution is -2.27. The van der Waals surface area contributed by atoms with Crippen molar-refractivity contribution in [2.75, 3.05) is 13.2 Å². The lowest BCUT2D eigenvalue weighted by Gasteiger charge is -2.16. The van der Waals surface area contributed by atoms with Crippen LogP contribution in [0.2, 0.25) is 0 Å². The van der Waals surface area contributed by atoms with Gasteiger partial charge in [0, 0.05) is 6.04 Å². The zero-order valence-electron chi connectivity index (χ0n) is 15.7. The average Bonchev–Trinajstić information content (AvgIpc) is 3.15. The van der Waals surface area contributed by atoms with E-state index >= 15 is 0 Å². The summed E-state index contributed by atoms with van der Waals surface area (Å²) >= 11 is 0. The first-order valence-electron chi connectivity index (χ1n) is 9.37. The van der Waals surface area contributed by atoms with E-state index in [1.807, 2.05) is 0 Å².